The lowest BCUT2D eigenvalue weighted by Gasteiger charge is -2.33. The van der Waals surface area contributed by atoms with Crippen molar-refractivity contribution in [1.82, 2.24) is 14.2 Å². The number of piperazine rings is 1. The summed E-state index contributed by atoms with van der Waals surface area (Å²) in [5, 5.41) is 0.769. The molecule has 1 aliphatic heterocycles. The lowest BCUT2D eigenvalue weighted by Crippen LogP contribution is -2.50. The number of aromatic nitrogens is 1. The van der Waals surface area contributed by atoms with Crippen molar-refractivity contribution in [2.75, 3.05) is 26.2 Å². The molecule has 4 rings (SSSR count). The lowest BCUT2D eigenvalue weighted by molar-refractivity contribution is -0.127. The third-order valence-electron chi connectivity index (χ3n) is 4.37. The van der Waals surface area contributed by atoms with Gasteiger partial charge in [0.05, 0.1) is 14.6 Å². The van der Waals surface area contributed by atoms with E-state index in [1.165, 1.54) is 27.8 Å². The molecule has 10 heteroatoms. The zero-order valence-electron chi connectivity index (χ0n) is 14.6. The number of amides is 1. The number of nitrogens with zero attached hydrogens (tertiary/aromatic N) is 3. The second-order valence-corrected chi connectivity index (χ2v) is 11.1. The molecule has 28 heavy (non-hydrogen) atoms. The quantitative estimate of drug-likeness (QED) is 0.566. The number of rotatable bonds is 4. The largest absolute Gasteiger partial charge is 0.337 e. The molecule has 0 unspecified atom stereocenters. The summed E-state index contributed by atoms with van der Waals surface area (Å²) >= 11 is 8.42. The van der Waals surface area contributed by atoms with Crippen LogP contribution in [-0.2, 0) is 14.8 Å². The number of benzene rings is 1. The maximum absolute atomic E-state index is 12.6. The van der Waals surface area contributed by atoms with Gasteiger partial charge >= 0.3 is 0 Å². The summed E-state index contributed by atoms with van der Waals surface area (Å²) in [7, 11) is -3.56. The Balaban J connectivity index is 1.38. The van der Waals surface area contributed by atoms with Crippen molar-refractivity contribution >= 4 is 66.5 Å². The number of thiazole rings is 1. The first-order valence-electron chi connectivity index (χ1n) is 8.51. The molecule has 0 aliphatic carbocycles. The van der Waals surface area contributed by atoms with Crippen LogP contribution in [0.2, 0.25) is 4.34 Å². The van der Waals surface area contributed by atoms with Crippen molar-refractivity contribution in [2.24, 2.45) is 0 Å². The molecule has 0 spiro atoms. The average Bonchev–Trinajstić information content (AvgIpc) is 3.32. The van der Waals surface area contributed by atoms with Gasteiger partial charge in [-0.2, -0.15) is 4.31 Å². The fourth-order valence-electron chi connectivity index (χ4n) is 2.92. The van der Waals surface area contributed by atoms with Gasteiger partial charge < -0.3 is 4.90 Å². The number of thiophene rings is 1. The minimum atomic E-state index is -3.56. The van der Waals surface area contributed by atoms with E-state index < -0.39 is 10.0 Å². The maximum Gasteiger partial charge on any atom is 0.252 e. The van der Waals surface area contributed by atoms with E-state index in [4.69, 9.17) is 11.6 Å². The van der Waals surface area contributed by atoms with Gasteiger partial charge in [0.25, 0.3) is 10.0 Å². The second-order valence-electron chi connectivity index (χ2n) is 6.14. The third kappa shape index (κ3) is 3.99. The van der Waals surface area contributed by atoms with Gasteiger partial charge in [-0.15, -0.1) is 22.7 Å². The van der Waals surface area contributed by atoms with Crippen LogP contribution in [0.3, 0.4) is 0 Å². The molecule has 0 atom stereocenters. The Bertz CT molecular complexity index is 1110. The molecule has 1 fully saturated rings. The van der Waals surface area contributed by atoms with Gasteiger partial charge in [0.1, 0.15) is 9.22 Å². The van der Waals surface area contributed by atoms with Crippen LogP contribution in [0.5, 0.6) is 0 Å². The molecule has 1 aliphatic rings. The predicted octanol–water partition coefficient (Wildman–Crippen LogP) is 3.56. The van der Waals surface area contributed by atoms with Crippen molar-refractivity contribution in [3.05, 3.63) is 51.8 Å². The molecular formula is C18H16ClN3O3S3. The van der Waals surface area contributed by atoms with E-state index in [-0.39, 0.29) is 23.2 Å². The van der Waals surface area contributed by atoms with Crippen LogP contribution in [0.1, 0.15) is 5.01 Å². The highest BCUT2D eigenvalue weighted by atomic mass is 35.5. The van der Waals surface area contributed by atoms with Gasteiger partial charge in [0, 0.05) is 32.3 Å². The molecule has 0 radical (unpaired) electrons. The summed E-state index contributed by atoms with van der Waals surface area (Å²) in [4.78, 5) is 18.6. The van der Waals surface area contributed by atoms with Gasteiger partial charge in [-0.1, -0.05) is 23.7 Å². The molecule has 146 valence electrons. The highest BCUT2D eigenvalue weighted by Crippen LogP contribution is 2.28. The summed E-state index contributed by atoms with van der Waals surface area (Å²) in [6.07, 6.45) is 3.21. The van der Waals surface area contributed by atoms with E-state index in [9.17, 15) is 13.2 Å². The number of para-hydroxylation sites is 1. The van der Waals surface area contributed by atoms with Gasteiger partial charge in [0.2, 0.25) is 5.91 Å². The predicted molar refractivity (Wildman–Crippen MR) is 113 cm³/mol. The molecule has 1 aromatic carbocycles. The third-order valence-corrected chi connectivity index (χ3v) is 8.97. The first-order chi connectivity index (χ1) is 13.4. The zero-order chi connectivity index (χ0) is 19.7. The Labute approximate surface area is 175 Å². The standard InChI is InChI=1S/C18H16ClN3O3S3/c19-15-5-8-18(27-15)28(24,25)22-11-9-21(10-12-22)17(23)7-6-16-20-13-3-1-2-4-14(13)26-16/h1-8H,9-12H2/b7-6+. The lowest BCUT2D eigenvalue weighted by atomic mass is 10.3. The van der Waals surface area contributed by atoms with E-state index in [0.717, 1.165) is 26.6 Å². The Hall–Kier alpha value is -1.78. The van der Waals surface area contributed by atoms with Crippen molar-refractivity contribution in [1.29, 1.82) is 0 Å². The summed E-state index contributed by atoms with van der Waals surface area (Å²) in [5.74, 6) is -0.143. The first kappa shape index (κ1) is 19.5. The molecule has 0 N–H and O–H groups in total. The summed E-state index contributed by atoms with van der Waals surface area (Å²) < 4.78 is 28.4. The van der Waals surface area contributed by atoms with Crippen molar-refractivity contribution in [2.45, 2.75) is 4.21 Å². The van der Waals surface area contributed by atoms with E-state index in [2.05, 4.69) is 4.98 Å². The summed E-state index contributed by atoms with van der Waals surface area (Å²) in [5.41, 5.74) is 0.909. The van der Waals surface area contributed by atoms with E-state index >= 15 is 0 Å². The number of halogens is 1. The van der Waals surface area contributed by atoms with Crippen molar-refractivity contribution in [3.63, 3.8) is 0 Å². The summed E-state index contributed by atoms with van der Waals surface area (Å²) in [6.45, 7) is 1.22. The van der Waals surface area contributed by atoms with Gasteiger partial charge in [0.15, 0.2) is 0 Å². The molecule has 3 aromatic rings. The molecule has 2 aromatic heterocycles. The van der Waals surface area contributed by atoms with Gasteiger partial charge in [-0.25, -0.2) is 13.4 Å². The van der Waals surface area contributed by atoms with Gasteiger partial charge in [-0.05, 0) is 30.3 Å². The Morgan fingerprint density at radius 3 is 2.50 bits per heavy atom. The second kappa shape index (κ2) is 7.92. The number of sulfonamides is 1. The SMILES string of the molecule is O=C(/C=C/c1nc2ccccc2s1)N1CCN(S(=O)(=O)c2ccc(Cl)s2)CC1. The minimum Gasteiger partial charge on any atom is -0.337 e. The number of carbonyl (C=O) groups excluding carboxylic acids is 1. The summed E-state index contributed by atoms with van der Waals surface area (Å²) in [6, 6.07) is 10.9. The Morgan fingerprint density at radius 1 is 1.07 bits per heavy atom. The number of fused-ring (bicyclic) bond motifs is 1. The molecule has 3 heterocycles. The van der Waals surface area contributed by atoms with Crippen LogP contribution in [0, 0.1) is 0 Å². The van der Waals surface area contributed by atoms with Crippen molar-refractivity contribution < 1.29 is 13.2 Å². The van der Waals surface area contributed by atoms with Crippen LogP contribution in [0.25, 0.3) is 16.3 Å². The highest BCUT2D eigenvalue weighted by Gasteiger charge is 2.30. The Kier molecular flexibility index (Phi) is 5.52. The molecule has 6 nitrogen and oxygen atoms in total. The molecule has 1 saturated heterocycles. The molecular weight excluding hydrogens is 438 g/mol. The van der Waals surface area contributed by atoms with Crippen LogP contribution >= 0.6 is 34.3 Å². The van der Waals surface area contributed by atoms with Crippen LogP contribution in [-0.4, -0.2) is 54.7 Å². The van der Waals surface area contributed by atoms with Crippen LogP contribution in [0.4, 0.5) is 0 Å². The zero-order valence-corrected chi connectivity index (χ0v) is 17.8. The number of hydrogen-bond acceptors (Lipinski definition) is 6. The monoisotopic (exact) mass is 453 g/mol. The number of carbonyl (C=O) groups is 1. The topological polar surface area (TPSA) is 70.6 Å². The maximum atomic E-state index is 12.6. The molecule has 0 saturated carbocycles. The molecule has 0 bridgehead atoms. The average molecular weight is 454 g/mol. The highest BCUT2D eigenvalue weighted by molar-refractivity contribution is 7.91. The van der Waals surface area contributed by atoms with E-state index in [0.29, 0.717) is 17.4 Å². The first-order valence-corrected chi connectivity index (χ1v) is 12.0. The smallest absolute Gasteiger partial charge is 0.252 e. The molecule has 1 amide bonds. The van der Waals surface area contributed by atoms with E-state index in [1.807, 2.05) is 24.3 Å². The normalized spacial score (nSPS) is 16.2. The fraction of sp³-hybridized carbons (Fsp3) is 0.222. The van der Waals surface area contributed by atoms with Crippen LogP contribution < -0.4 is 0 Å². The fourth-order valence-corrected chi connectivity index (χ4v) is 6.85. The van der Waals surface area contributed by atoms with Crippen molar-refractivity contribution in [3.8, 4) is 0 Å². The van der Waals surface area contributed by atoms with Crippen LogP contribution in [0.15, 0.2) is 46.7 Å². The van der Waals surface area contributed by atoms with Gasteiger partial charge in [-0.3, -0.25) is 4.79 Å². The number of hydrogen-bond donors (Lipinski definition) is 0. The minimum absolute atomic E-state index is 0.143. The van der Waals surface area contributed by atoms with E-state index in [1.54, 1.807) is 17.0 Å². The Morgan fingerprint density at radius 2 is 1.82 bits per heavy atom.